The topological polar surface area (TPSA) is 60.1 Å². The van der Waals surface area contributed by atoms with Crippen molar-refractivity contribution in [1.82, 2.24) is 14.9 Å². The molecular formula is C25H20ClN3O2S2. The zero-order valence-electron chi connectivity index (χ0n) is 17.7. The summed E-state index contributed by atoms with van der Waals surface area (Å²) in [6.45, 7) is 2.98. The van der Waals surface area contributed by atoms with Gasteiger partial charge in [-0.1, -0.05) is 35.9 Å². The Balaban J connectivity index is 1.51. The number of hydrogen-bond acceptors (Lipinski definition) is 5. The van der Waals surface area contributed by atoms with Crippen molar-refractivity contribution < 1.29 is 9.21 Å². The van der Waals surface area contributed by atoms with Gasteiger partial charge >= 0.3 is 0 Å². The number of benzene rings is 1. The predicted octanol–water partition coefficient (Wildman–Crippen LogP) is 6.87. The summed E-state index contributed by atoms with van der Waals surface area (Å²) >= 11 is 9.62. The van der Waals surface area contributed by atoms with Crippen LogP contribution in [0.1, 0.15) is 26.7 Å². The molecule has 0 radical (unpaired) electrons. The molecule has 5 rings (SSSR count). The van der Waals surface area contributed by atoms with E-state index in [4.69, 9.17) is 21.0 Å². The summed E-state index contributed by atoms with van der Waals surface area (Å²) in [7, 11) is 0. The lowest BCUT2D eigenvalue weighted by molar-refractivity contribution is 0.0947. The fourth-order valence-electron chi connectivity index (χ4n) is 3.67. The van der Waals surface area contributed by atoms with Gasteiger partial charge in [-0.05, 0) is 42.6 Å². The van der Waals surface area contributed by atoms with Crippen molar-refractivity contribution in [3.8, 4) is 22.0 Å². The molecule has 0 unspecified atom stereocenters. The van der Waals surface area contributed by atoms with E-state index in [9.17, 15) is 4.79 Å². The summed E-state index contributed by atoms with van der Waals surface area (Å²) < 4.78 is 7.49. The Morgan fingerprint density at radius 3 is 2.79 bits per heavy atom. The number of thiophene rings is 1. The first-order chi connectivity index (χ1) is 16.1. The van der Waals surface area contributed by atoms with Crippen LogP contribution in [0.5, 0.6) is 0 Å². The summed E-state index contributed by atoms with van der Waals surface area (Å²) in [6.07, 6.45) is 1.60. The SMILES string of the molecule is Cc1c(C(=O)NCc2ccco2)cc(-c2csc(-c3ccccc3Cl)n2)n1Cc1cccs1. The second kappa shape index (κ2) is 9.39. The molecule has 0 aliphatic heterocycles. The molecule has 166 valence electrons. The molecule has 5 nitrogen and oxygen atoms in total. The van der Waals surface area contributed by atoms with Crippen molar-refractivity contribution in [2.24, 2.45) is 0 Å². The first-order valence-corrected chi connectivity index (χ1v) is 12.5. The van der Waals surface area contributed by atoms with E-state index in [0.29, 0.717) is 29.4 Å². The summed E-state index contributed by atoms with van der Waals surface area (Å²) in [6, 6.07) is 17.4. The average molecular weight is 494 g/mol. The Hall–Kier alpha value is -3.13. The second-order valence-electron chi connectivity index (χ2n) is 7.47. The number of rotatable bonds is 7. The molecule has 1 amide bonds. The predicted molar refractivity (Wildman–Crippen MR) is 134 cm³/mol. The Morgan fingerprint density at radius 1 is 1.15 bits per heavy atom. The first-order valence-electron chi connectivity index (χ1n) is 10.3. The van der Waals surface area contributed by atoms with Gasteiger partial charge in [0.15, 0.2) is 0 Å². The molecule has 0 saturated heterocycles. The average Bonchev–Trinajstić information content (AvgIpc) is 3.62. The van der Waals surface area contributed by atoms with Gasteiger partial charge in [0, 0.05) is 21.5 Å². The molecule has 1 aromatic carbocycles. The third-order valence-electron chi connectivity index (χ3n) is 5.38. The fraction of sp³-hybridized carbons (Fsp3) is 0.120. The minimum atomic E-state index is -0.142. The van der Waals surface area contributed by atoms with E-state index in [2.05, 4.69) is 21.3 Å². The number of nitrogens with zero attached hydrogens (tertiary/aromatic N) is 2. The van der Waals surface area contributed by atoms with Crippen LogP contribution in [0.3, 0.4) is 0 Å². The normalized spacial score (nSPS) is 11.1. The zero-order valence-corrected chi connectivity index (χ0v) is 20.1. The molecule has 0 spiro atoms. The van der Waals surface area contributed by atoms with Crippen LogP contribution in [0, 0.1) is 6.92 Å². The maximum Gasteiger partial charge on any atom is 0.253 e. The highest BCUT2D eigenvalue weighted by Gasteiger charge is 2.21. The third kappa shape index (κ3) is 4.53. The monoisotopic (exact) mass is 493 g/mol. The minimum Gasteiger partial charge on any atom is -0.467 e. The number of carbonyl (C=O) groups is 1. The van der Waals surface area contributed by atoms with Crippen molar-refractivity contribution >= 4 is 40.2 Å². The number of nitrogens with one attached hydrogen (secondary N) is 1. The van der Waals surface area contributed by atoms with E-state index in [-0.39, 0.29) is 5.91 Å². The van der Waals surface area contributed by atoms with E-state index in [1.165, 1.54) is 4.88 Å². The smallest absolute Gasteiger partial charge is 0.253 e. The highest BCUT2D eigenvalue weighted by molar-refractivity contribution is 7.13. The Bertz CT molecular complexity index is 1390. The lowest BCUT2D eigenvalue weighted by Crippen LogP contribution is -2.23. The number of halogens is 1. The van der Waals surface area contributed by atoms with Crippen molar-refractivity contribution in [1.29, 1.82) is 0 Å². The standard InChI is InChI=1S/C25H20ClN3O2S2/c1-16-20(24(30)27-13-17-6-4-10-31-17)12-23(29(16)14-18-7-5-11-32-18)22-15-33-25(28-22)19-8-2-3-9-21(19)26/h2-12,15H,13-14H2,1H3,(H,27,30). The van der Waals surface area contributed by atoms with Crippen molar-refractivity contribution in [3.63, 3.8) is 0 Å². The number of amides is 1. The number of aromatic nitrogens is 2. The molecule has 0 fully saturated rings. The number of furan rings is 1. The van der Waals surface area contributed by atoms with Gasteiger partial charge in [-0.2, -0.15) is 0 Å². The first kappa shape index (κ1) is 21.7. The van der Waals surface area contributed by atoms with E-state index < -0.39 is 0 Å². The van der Waals surface area contributed by atoms with Crippen LogP contribution < -0.4 is 5.32 Å². The molecule has 0 bridgehead atoms. The van der Waals surface area contributed by atoms with Gasteiger partial charge in [0.05, 0.1) is 41.3 Å². The maximum absolute atomic E-state index is 13.0. The number of carbonyl (C=O) groups excluding carboxylic acids is 1. The maximum atomic E-state index is 13.0. The van der Waals surface area contributed by atoms with Gasteiger partial charge in [-0.3, -0.25) is 4.79 Å². The van der Waals surface area contributed by atoms with Crippen LogP contribution in [0.4, 0.5) is 0 Å². The molecule has 4 aromatic heterocycles. The van der Waals surface area contributed by atoms with Gasteiger partial charge in [-0.15, -0.1) is 22.7 Å². The molecule has 0 atom stereocenters. The Labute approximate surface area is 204 Å². The number of hydrogen-bond donors (Lipinski definition) is 1. The number of thiazole rings is 1. The quantitative estimate of drug-likeness (QED) is 0.269. The summed E-state index contributed by atoms with van der Waals surface area (Å²) in [4.78, 5) is 19.1. The lowest BCUT2D eigenvalue weighted by atomic mass is 10.2. The third-order valence-corrected chi connectivity index (χ3v) is 7.45. The van der Waals surface area contributed by atoms with E-state index in [1.807, 2.05) is 54.8 Å². The molecule has 0 aliphatic rings. The second-order valence-corrected chi connectivity index (χ2v) is 9.77. The van der Waals surface area contributed by atoms with Crippen molar-refractivity contribution in [2.75, 3.05) is 0 Å². The summed E-state index contributed by atoms with van der Waals surface area (Å²) in [5.41, 5.74) is 4.14. The van der Waals surface area contributed by atoms with Gasteiger partial charge in [-0.25, -0.2) is 4.98 Å². The molecular weight excluding hydrogens is 474 g/mol. The summed E-state index contributed by atoms with van der Waals surface area (Å²) in [5, 5.41) is 8.54. The molecule has 5 aromatic rings. The van der Waals surface area contributed by atoms with Gasteiger partial charge in [0.1, 0.15) is 10.8 Å². The van der Waals surface area contributed by atoms with E-state index >= 15 is 0 Å². The van der Waals surface area contributed by atoms with Crippen LogP contribution in [0.15, 0.2) is 76.0 Å². The lowest BCUT2D eigenvalue weighted by Gasteiger charge is -2.10. The van der Waals surface area contributed by atoms with Crippen LogP contribution in [0.2, 0.25) is 5.02 Å². The highest BCUT2D eigenvalue weighted by Crippen LogP contribution is 2.35. The van der Waals surface area contributed by atoms with Crippen LogP contribution in [-0.4, -0.2) is 15.5 Å². The van der Waals surface area contributed by atoms with Gasteiger partial charge in [0.2, 0.25) is 0 Å². The van der Waals surface area contributed by atoms with Gasteiger partial charge < -0.3 is 14.3 Å². The zero-order chi connectivity index (χ0) is 22.8. The van der Waals surface area contributed by atoms with Crippen LogP contribution >= 0.6 is 34.3 Å². The van der Waals surface area contributed by atoms with E-state index in [0.717, 1.165) is 27.7 Å². The summed E-state index contributed by atoms with van der Waals surface area (Å²) in [5.74, 6) is 0.569. The van der Waals surface area contributed by atoms with Crippen molar-refractivity contribution in [2.45, 2.75) is 20.0 Å². The molecule has 4 heterocycles. The molecule has 0 saturated carbocycles. The molecule has 1 N–H and O–H groups in total. The van der Waals surface area contributed by atoms with Gasteiger partial charge in [0.25, 0.3) is 5.91 Å². The molecule has 33 heavy (non-hydrogen) atoms. The van der Waals surface area contributed by atoms with E-state index in [1.54, 1.807) is 35.0 Å². The highest BCUT2D eigenvalue weighted by atomic mass is 35.5. The molecule has 0 aliphatic carbocycles. The Morgan fingerprint density at radius 2 is 2.03 bits per heavy atom. The minimum absolute atomic E-state index is 0.142. The van der Waals surface area contributed by atoms with Crippen LogP contribution in [-0.2, 0) is 13.1 Å². The fourth-order valence-corrected chi connectivity index (χ4v) is 5.50. The van der Waals surface area contributed by atoms with Crippen molar-refractivity contribution in [3.05, 3.63) is 98.5 Å². The van der Waals surface area contributed by atoms with Crippen LogP contribution in [0.25, 0.3) is 22.0 Å². The largest absolute Gasteiger partial charge is 0.467 e. The molecule has 8 heteroatoms. The Kier molecular flexibility index (Phi) is 6.17.